The Labute approximate surface area is 640 Å². The fourth-order valence-corrected chi connectivity index (χ4v) is 16.0. The quantitative estimate of drug-likeness (QED) is 0.0718. The smallest absolute Gasteiger partial charge is 0.428 e. The van der Waals surface area contributed by atoms with Crippen LogP contribution >= 0.6 is 0 Å². The van der Waals surface area contributed by atoms with Crippen LogP contribution in [0.3, 0.4) is 0 Å². The Morgan fingerprint density at radius 3 is 0.771 bits per heavy atom. The number of halogens is 13. The molecule has 0 amide bonds. The van der Waals surface area contributed by atoms with Crippen LogP contribution in [0.25, 0.3) is 0 Å². The van der Waals surface area contributed by atoms with Gasteiger partial charge >= 0.3 is 60.5 Å². The highest BCUT2D eigenvalue weighted by Gasteiger charge is 2.67. The minimum absolute atomic E-state index is 0.0255. The molecule has 16 nitrogen and oxygen atoms in total. The van der Waals surface area contributed by atoms with Crippen molar-refractivity contribution in [1.29, 1.82) is 0 Å². The monoisotopic (exact) mass is 1600 g/mol. The molecule has 0 spiro atoms. The second kappa shape index (κ2) is 40.8. The lowest BCUT2D eigenvalue weighted by molar-refractivity contribution is -0.277. The molecule has 109 heavy (non-hydrogen) atoms. The van der Waals surface area contributed by atoms with Crippen LogP contribution < -0.4 is 0 Å². The summed E-state index contributed by atoms with van der Waals surface area (Å²) in [6, 6.07) is 0. The van der Waals surface area contributed by atoms with Crippen molar-refractivity contribution in [2.24, 2.45) is 92.2 Å². The zero-order valence-electron chi connectivity index (χ0n) is 69.0. The van der Waals surface area contributed by atoms with Gasteiger partial charge in [-0.1, -0.05) is 41.0 Å². The largest absolute Gasteiger partial charge is 0.469 e. The van der Waals surface area contributed by atoms with E-state index in [9.17, 15) is 101 Å². The van der Waals surface area contributed by atoms with E-state index in [-0.39, 0.29) is 112 Å². The first-order valence-electron chi connectivity index (χ1n) is 39.0. The summed E-state index contributed by atoms with van der Waals surface area (Å²) in [4.78, 5) is 65.4. The van der Waals surface area contributed by atoms with Gasteiger partial charge in [-0.2, -0.15) is 52.7 Å². The highest BCUT2D eigenvalue weighted by Crippen LogP contribution is 2.60. The van der Waals surface area contributed by atoms with Crippen molar-refractivity contribution in [2.75, 3.05) is 35.0 Å². The fraction of sp³-hybridized carbons (Fsp3) is 0.925. The molecule has 0 radical (unpaired) electrons. The van der Waals surface area contributed by atoms with E-state index in [1.54, 1.807) is 0 Å². The molecule has 29 heteroatoms. The molecule has 642 valence electrons. The van der Waals surface area contributed by atoms with Crippen LogP contribution in [0.4, 0.5) is 57.1 Å². The third kappa shape index (κ3) is 28.3. The topological polar surface area (TPSA) is 239 Å². The molecule has 0 saturated heterocycles. The van der Waals surface area contributed by atoms with Gasteiger partial charge in [0.05, 0.1) is 62.1 Å². The normalized spacial score (nSPS) is 30.6. The van der Waals surface area contributed by atoms with E-state index in [4.69, 9.17) is 9.84 Å². The minimum atomic E-state index is -4.50. The lowest BCUT2D eigenvalue weighted by atomic mass is 9.80. The van der Waals surface area contributed by atoms with Gasteiger partial charge in [0.2, 0.25) is 11.5 Å². The predicted molar refractivity (Wildman–Crippen MR) is 386 cm³/mol. The highest BCUT2D eigenvalue weighted by molar-refractivity contribution is 5.77. The van der Waals surface area contributed by atoms with Crippen LogP contribution in [0.5, 0.6) is 0 Å². The molecule has 10 saturated carbocycles. The van der Waals surface area contributed by atoms with E-state index in [1.807, 2.05) is 111 Å². The summed E-state index contributed by atoms with van der Waals surface area (Å²) >= 11 is 0. The van der Waals surface area contributed by atoms with E-state index in [1.165, 1.54) is 28.4 Å². The molecule has 16 atom stereocenters. The SMILES string of the molecule is CC(=O)OC(C)(CC1CC2CCC1C2)C(F)(F)F.CCC(C)(C)C(=O)OC.CCC(C)(C)C(=O)OC.CCC(C)(C)C(=O)OC.CCC(C)(C)C(=O)OC.CCOC(=O)C(C)(C)CC.OC1(C(F)(F)F)CC2CCC1C2.OC1(C(F)(F)F)CC2CCC1C2.OC1(C(F)(F)F)CC2CCC1C2.OC1(F)CC2CCC1C2. The number of esters is 6. The number of rotatable bonds is 14. The lowest BCUT2D eigenvalue weighted by Crippen LogP contribution is -2.49. The maximum absolute atomic E-state index is 13.1. The Bertz CT molecular complexity index is 2620. The Morgan fingerprint density at radius 1 is 0.367 bits per heavy atom. The summed E-state index contributed by atoms with van der Waals surface area (Å²) in [6.07, 6.45) is -0.589. The minimum Gasteiger partial charge on any atom is -0.469 e. The molecular weight excluding hydrogens is 1460 g/mol. The Kier molecular flexibility index (Phi) is 38.5. The fourth-order valence-electron chi connectivity index (χ4n) is 16.0. The second-order valence-corrected chi connectivity index (χ2v) is 35.2. The van der Waals surface area contributed by atoms with Gasteiger partial charge in [-0.3, -0.25) is 28.8 Å². The molecule has 10 aliphatic rings. The maximum Gasteiger partial charge on any atom is 0.428 e. The van der Waals surface area contributed by atoms with Gasteiger partial charge < -0.3 is 48.8 Å². The van der Waals surface area contributed by atoms with E-state index in [2.05, 4.69) is 23.7 Å². The second-order valence-electron chi connectivity index (χ2n) is 35.2. The van der Waals surface area contributed by atoms with Crippen LogP contribution in [0.1, 0.15) is 292 Å². The molecule has 10 bridgehead atoms. The van der Waals surface area contributed by atoms with Crippen LogP contribution in [-0.4, -0.2) is 144 Å². The van der Waals surface area contributed by atoms with E-state index in [0.29, 0.717) is 69.3 Å². The van der Waals surface area contributed by atoms with Crippen molar-refractivity contribution in [3.63, 3.8) is 0 Å². The summed E-state index contributed by atoms with van der Waals surface area (Å²) in [5, 5.41) is 37.2. The average molecular weight is 1600 g/mol. The summed E-state index contributed by atoms with van der Waals surface area (Å²) < 4.78 is 191. The zero-order valence-corrected chi connectivity index (χ0v) is 69.0. The van der Waals surface area contributed by atoms with Gasteiger partial charge in [0.25, 0.3) is 0 Å². The first kappa shape index (κ1) is 103. The number of carbonyl (C=O) groups excluding carboxylic acids is 6. The molecule has 10 rings (SSSR count). The molecule has 0 aromatic rings. The summed E-state index contributed by atoms with van der Waals surface area (Å²) in [5.74, 6) is -3.02. The number of carbonyl (C=O) groups is 6. The zero-order chi connectivity index (χ0) is 85.1. The van der Waals surface area contributed by atoms with Crippen LogP contribution in [0.2, 0.25) is 0 Å². The number of aliphatic hydroxyl groups is 4. The molecule has 0 heterocycles. The van der Waals surface area contributed by atoms with Gasteiger partial charge in [0.15, 0.2) is 16.8 Å². The molecule has 0 aromatic carbocycles. The molecule has 10 aliphatic carbocycles. The standard InChI is InChI=1S/C13H19F3O2.3C8H11F3O.C8H16O2.C7H11FO.4C7H14O2/c1-8(17)18-12(2,13(14,15)16)7-11-6-9-3-4-10(11)5-9;3*9-8(10,11)7(12)4-5-1-2-6(7)3-5;1-5-8(3,4)7(9)10-6-2;8-7(9)4-5-1-2-6(7)3-5;4*1-5-7(2,3)6(8)9-4/h9-11H,3-7H2,1-2H3;3*5-6,12H,1-4H2;5-6H2,1-4H3;5-6,9H,1-4H2;4*5H2,1-4H3. The van der Waals surface area contributed by atoms with Crippen LogP contribution in [0.15, 0.2) is 0 Å². The predicted octanol–water partition coefficient (Wildman–Crippen LogP) is 19.8. The van der Waals surface area contributed by atoms with Gasteiger partial charge in [-0.15, -0.1) is 0 Å². The van der Waals surface area contributed by atoms with Gasteiger partial charge in [-0.05, 0) is 296 Å². The molecule has 0 aliphatic heterocycles. The number of hydrogen-bond acceptors (Lipinski definition) is 16. The third-order valence-corrected chi connectivity index (χ3v) is 25.4. The highest BCUT2D eigenvalue weighted by atomic mass is 19.4. The summed E-state index contributed by atoms with van der Waals surface area (Å²) in [7, 11) is 5.67. The van der Waals surface area contributed by atoms with Crippen molar-refractivity contribution < 1.29 is 135 Å². The molecular formula is C80H135F13O16. The van der Waals surface area contributed by atoms with Gasteiger partial charge in [-0.25, -0.2) is 4.39 Å². The van der Waals surface area contributed by atoms with Crippen LogP contribution in [0, 0.1) is 92.2 Å². The lowest BCUT2D eigenvalue weighted by Gasteiger charge is -2.35. The maximum atomic E-state index is 13.1. The van der Waals surface area contributed by atoms with Crippen LogP contribution in [-0.2, 0) is 57.2 Å². The summed E-state index contributed by atoms with van der Waals surface area (Å²) in [6.45, 7) is 33.0. The van der Waals surface area contributed by atoms with E-state index >= 15 is 0 Å². The Morgan fingerprint density at radius 2 is 0.633 bits per heavy atom. The number of fused-ring (bicyclic) bond motifs is 10. The van der Waals surface area contributed by atoms with Crippen molar-refractivity contribution in [3.8, 4) is 0 Å². The molecule has 10 fully saturated rings. The molecule has 4 N–H and O–H groups in total. The van der Waals surface area contributed by atoms with Crippen molar-refractivity contribution >= 4 is 35.8 Å². The first-order chi connectivity index (χ1) is 49.4. The Hall–Kier alpha value is -4.25. The number of ether oxygens (including phenoxy) is 6. The number of methoxy groups -OCH3 is 4. The first-order valence-corrected chi connectivity index (χ1v) is 39.0. The summed E-state index contributed by atoms with van der Waals surface area (Å²) in [5.41, 5.74) is -10.9. The Balaban J connectivity index is 0.000000611. The van der Waals surface area contributed by atoms with Gasteiger partial charge in [0, 0.05) is 19.3 Å². The third-order valence-electron chi connectivity index (χ3n) is 25.4. The molecule has 16 unspecified atom stereocenters. The van der Waals surface area contributed by atoms with Crippen molar-refractivity contribution in [1.82, 2.24) is 0 Å². The van der Waals surface area contributed by atoms with Gasteiger partial charge in [0.1, 0.15) is 0 Å². The van der Waals surface area contributed by atoms with Crippen molar-refractivity contribution in [3.05, 3.63) is 0 Å². The van der Waals surface area contributed by atoms with E-state index < -0.39 is 76.7 Å². The average Bonchev–Trinajstić information content (AvgIpc) is 1.61. The number of alkyl halides is 13. The molecule has 0 aromatic heterocycles. The van der Waals surface area contributed by atoms with Crippen molar-refractivity contribution in [2.45, 2.75) is 345 Å². The number of hydrogen-bond donors (Lipinski definition) is 4. The van der Waals surface area contributed by atoms with E-state index in [0.717, 1.165) is 110 Å².